The molecule has 0 aliphatic heterocycles. The Kier molecular flexibility index (Phi) is 4.04. The fourth-order valence-corrected chi connectivity index (χ4v) is 3.06. The minimum Gasteiger partial charge on any atom is -0.395 e. The molecule has 122 valence electrons. The summed E-state index contributed by atoms with van der Waals surface area (Å²) in [5.74, 6) is -1.17. The lowest BCUT2D eigenvalue weighted by atomic mass is 9.80. The SMILES string of the molecule is N#CC1(c2ccc(NC(=O)c3ccc([N+](=O)[O-])o3)cc2)CCCC1. The summed E-state index contributed by atoms with van der Waals surface area (Å²) < 4.78 is 4.86. The van der Waals surface area contributed by atoms with Crippen LogP contribution < -0.4 is 5.32 Å². The number of amides is 1. The third-order valence-electron chi connectivity index (χ3n) is 4.36. The van der Waals surface area contributed by atoms with E-state index < -0.39 is 22.1 Å². The van der Waals surface area contributed by atoms with Crippen LogP contribution in [0, 0.1) is 21.4 Å². The normalized spacial score (nSPS) is 15.6. The molecule has 1 saturated carbocycles. The van der Waals surface area contributed by atoms with Gasteiger partial charge in [-0.2, -0.15) is 5.26 Å². The van der Waals surface area contributed by atoms with Crippen LogP contribution >= 0.6 is 0 Å². The molecule has 1 aromatic heterocycles. The van der Waals surface area contributed by atoms with Crippen LogP contribution in [0.5, 0.6) is 0 Å². The molecule has 1 N–H and O–H groups in total. The zero-order valence-corrected chi connectivity index (χ0v) is 12.8. The second-order valence-corrected chi connectivity index (χ2v) is 5.83. The second-order valence-electron chi connectivity index (χ2n) is 5.83. The van der Waals surface area contributed by atoms with Gasteiger partial charge < -0.3 is 9.73 Å². The Labute approximate surface area is 138 Å². The van der Waals surface area contributed by atoms with Crippen molar-refractivity contribution < 1.29 is 14.1 Å². The summed E-state index contributed by atoms with van der Waals surface area (Å²) in [6, 6.07) is 11.9. The van der Waals surface area contributed by atoms with Crippen LogP contribution in [-0.4, -0.2) is 10.8 Å². The summed E-state index contributed by atoms with van der Waals surface area (Å²) in [6.07, 6.45) is 3.79. The van der Waals surface area contributed by atoms with Gasteiger partial charge in [0, 0.05) is 5.69 Å². The van der Waals surface area contributed by atoms with E-state index in [1.54, 1.807) is 12.1 Å². The molecular weight excluding hydrogens is 310 g/mol. The first-order valence-corrected chi connectivity index (χ1v) is 7.61. The highest BCUT2D eigenvalue weighted by molar-refractivity contribution is 6.02. The molecule has 1 aliphatic rings. The maximum absolute atomic E-state index is 12.0. The van der Waals surface area contributed by atoms with Crippen molar-refractivity contribution in [2.45, 2.75) is 31.1 Å². The summed E-state index contributed by atoms with van der Waals surface area (Å²) in [5.41, 5.74) is 1.06. The lowest BCUT2D eigenvalue weighted by Crippen LogP contribution is -2.19. The van der Waals surface area contributed by atoms with E-state index in [1.807, 2.05) is 12.1 Å². The van der Waals surface area contributed by atoms with Crippen molar-refractivity contribution in [2.75, 3.05) is 5.32 Å². The third kappa shape index (κ3) is 2.86. The van der Waals surface area contributed by atoms with Crippen LogP contribution in [0.15, 0.2) is 40.8 Å². The molecule has 1 aromatic carbocycles. The lowest BCUT2D eigenvalue weighted by molar-refractivity contribution is -0.402. The Morgan fingerprint density at radius 3 is 2.42 bits per heavy atom. The Hall–Kier alpha value is -3.14. The molecule has 0 bridgehead atoms. The number of nitrogens with zero attached hydrogens (tertiary/aromatic N) is 2. The van der Waals surface area contributed by atoms with Gasteiger partial charge in [0.2, 0.25) is 0 Å². The van der Waals surface area contributed by atoms with Crippen molar-refractivity contribution >= 4 is 17.5 Å². The molecule has 7 nitrogen and oxygen atoms in total. The van der Waals surface area contributed by atoms with E-state index in [2.05, 4.69) is 11.4 Å². The molecule has 0 radical (unpaired) electrons. The van der Waals surface area contributed by atoms with E-state index in [0.29, 0.717) is 5.69 Å². The molecular formula is C17H15N3O4. The van der Waals surface area contributed by atoms with Crippen molar-refractivity contribution in [1.82, 2.24) is 0 Å². The average Bonchev–Trinajstić information content (AvgIpc) is 3.26. The van der Waals surface area contributed by atoms with Gasteiger partial charge in [-0.3, -0.25) is 14.9 Å². The number of anilines is 1. The Morgan fingerprint density at radius 2 is 1.88 bits per heavy atom. The summed E-state index contributed by atoms with van der Waals surface area (Å²) >= 11 is 0. The van der Waals surface area contributed by atoms with Crippen LogP contribution in [0.25, 0.3) is 0 Å². The highest BCUT2D eigenvalue weighted by atomic mass is 16.6. The molecule has 0 atom stereocenters. The molecule has 1 aliphatic carbocycles. The van der Waals surface area contributed by atoms with Crippen LogP contribution in [0.4, 0.5) is 11.6 Å². The van der Waals surface area contributed by atoms with Gasteiger partial charge in [-0.25, -0.2) is 0 Å². The number of hydrogen-bond acceptors (Lipinski definition) is 5. The number of nitrogens with one attached hydrogen (secondary N) is 1. The van der Waals surface area contributed by atoms with Crippen LogP contribution in [0.3, 0.4) is 0 Å². The number of nitriles is 1. The molecule has 24 heavy (non-hydrogen) atoms. The molecule has 7 heteroatoms. The van der Waals surface area contributed by atoms with Crippen molar-refractivity contribution in [1.29, 1.82) is 5.26 Å². The fraction of sp³-hybridized carbons (Fsp3) is 0.294. The van der Waals surface area contributed by atoms with Crippen LogP contribution in [-0.2, 0) is 5.41 Å². The average molecular weight is 325 g/mol. The zero-order valence-electron chi connectivity index (χ0n) is 12.8. The Bertz CT molecular complexity index is 811. The number of carbonyl (C=O) groups excluding carboxylic acids is 1. The van der Waals surface area contributed by atoms with E-state index in [9.17, 15) is 20.2 Å². The fourth-order valence-electron chi connectivity index (χ4n) is 3.06. The predicted molar refractivity (Wildman–Crippen MR) is 85.5 cm³/mol. The van der Waals surface area contributed by atoms with E-state index >= 15 is 0 Å². The maximum Gasteiger partial charge on any atom is 0.433 e. The van der Waals surface area contributed by atoms with E-state index in [0.717, 1.165) is 37.3 Å². The highest BCUT2D eigenvalue weighted by Gasteiger charge is 2.35. The monoisotopic (exact) mass is 325 g/mol. The number of carbonyl (C=O) groups is 1. The first-order valence-electron chi connectivity index (χ1n) is 7.61. The Balaban J connectivity index is 1.73. The van der Waals surface area contributed by atoms with Crippen molar-refractivity contribution in [2.24, 2.45) is 0 Å². The number of rotatable bonds is 4. The van der Waals surface area contributed by atoms with Gasteiger partial charge >= 0.3 is 5.88 Å². The maximum atomic E-state index is 12.0. The summed E-state index contributed by atoms with van der Waals surface area (Å²) in [4.78, 5) is 21.9. The molecule has 2 aromatic rings. The van der Waals surface area contributed by atoms with Gasteiger partial charge in [0.05, 0.1) is 17.6 Å². The zero-order chi connectivity index (χ0) is 17.2. The predicted octanol–water partition coefficient (Wildman–Crippen LogP) is 3.78. The van der Waals surface area contributed by atoms with Crippen LogP contribution in [0.2, 0.25) is 0 Å². The highest BCUT2D eigenvalue weighted by Crippen LogP contribution is 2.40. The van der Waals surface area contributed by atoms with E-state index in [-0.39, 0.29) is 5.76 Å². The standard InChI is InChI=1S/C17H15N3O4/c18-11-17(9-1-2-10-17)12-3-5-13(6-4-12)19-16(21)14-7-8-15(24-14)20(22)23/h3-8H,1-2,9-10H2,(H,19,21). The van der Waals surface area contributed by atoms with Gasteiger partial charge in [0.25, 0.3) is 5.91 Å². The van der Waals surface area contributed by atoms with Gasteiger partial charge in [-0.05, 0) is 36.6 Å². The van der Waals surface area contributed by atoms with Crippen LogP contribution in [0.1, 0.15) is 41.8 Å². The summed E-state index contributed by atoms with van der Waals surface area (Å²) in [5, 5.41) is 22.7. The number of benzene rings is 1. The van der Waals surface area contributed by atoms with Gasteiger partial charge in [0.1, 0.15) is 4.92 Å². The molecule has 1 amide bonds. The smallest absolute Gasteiger partial charge is 0.395 e. The third-order valence-corrected chi connectivity index (χ3v) is 4.36. The molecule has 0 saturated heterocycles. The quantitative estimate of drug-likeness (QED) is 0.679. The topological polar surface area (TPSA) is 109 Å². The van der Waals surface area contributed by atoms with Gasteiger partial charge in [-0.15, -0.1) is 0 Å². The number of nitro groups is 1. The number of hydrogen-bond donors (Lipinski definition) is 1. The lowest BCUT2D eigenvalue weighted by Gasteiger charge is -2.20. The number of furan rings is 1. The molecule has 1 heterocycles. The molecule has 1 fully saturated rings. The summed E-state index contributed by atoms with van der Waals surface area (Å²) in [6.45, 7) is 0. The second kappa shape index (κ2) is 6.16. The molecule has 0 unspecified atom stereocenters. The van der Waals surface area contributed by atoms with Gasteiger partial charge in [0.15, 0.2) is 5.76 Å². The largest absolute Gasteiger partial charge is 0.433 e. The first-order chi connectivity index (χ1) is 11.5. The van der Waals surface area contributed by atoms with Crippen molar-refractivity contribution in [3.8, 4) is 6.07 Å². The molecule has 0 spiro atoms. The van der Waals surface area contributed by atoms with Crippen molar-refractivity contribution in [3.63, 3.8) is 0 Å². The summed E-state index contributed by atoms with van der Waals surface area (Å²) in [7, 11) is 0. The molecule has 3 rings (SSSR count). The minimum absolute atomic E-state index is 0.130. The van der Waals surface area contributed by atoms with E-state index in [4.69, 9.17) is 4.42 Å². The Morgan fingerprint density at radius 1 is 1.21 bits per heavy atom. The minimum atomic E-state index is -0.700. The van der Waals surface area contributed by atoms with Gasteiger partial charge in [-0.1, -0.05) is 25.0 Å². The van der Waals surface area contributed by atoms with Crippen molar-refractivity contribution in [3.05, 3.63) is 57.8 Å². The van der Waals surface area contributed by atoms with E-state index in [1.165, 1.54) is 6.07 Å². The first kappa shape index (κ1) is 15.7.